The molecule has 34 heavy (non-hydrogen) atoms. The van der Waals surface area contributed by atoms with Crippen LogP contribution in [0, 0.1) is 63.7 Å². The molecule has 8 heteroatoms. The van der Waals surface area contributed by atoms with Gasteiger partial charge in [-0.2, -0.15) is 5.10 Å². The number of nitrogens with zero attached hydrogens (tertiary/aromatic N) is 3. The summed E-state index contributed by atoms with van der Waals surface area (Å²) in [7, 11) is 1.59. The summed E-state index contributed by atoms with van der Waals surface area (Å²) in [6.07, 6.45) is 16.5. The fourth-order valence-electron chi connectivity index (χ4n) is 3.08. The molecule has 2 saturated carbocycles. The van der Waals surface area contributed by atoms with Crippen LogP contribution in [-0.4, -0.2) is 42.1 Å². The average molecular weight is 501 g/mol. The van der Waals surface area contributed by atoms with Gasteiger partial charge in [0, 0.05) is 12.5 Å². The van der Waals surface area contributed by atoms with Crippen molar-refractivity contribution in [3.8, 4) is 5.75 Å². The summed E-state index contributed by atoms with van der Waals surface area (Å²) >= 11 is 0. The van der Waals surface area contributed by atoms with Gasteiger partial charge in [0.15, 0.2) is 0 Å². The van der Waals surface area contributed by atoms with Crippen LogP contribution < -0.4 is 9.84 Å². The molecule has 2 aromatic rings. The Balaban J connectivity index is 0.000000603. The Morgan fingerprint density at radius 1 is 1.06 bits per heavy atom. The summed E-state index contributed by atoms with van der Waals surface area (Å²) in [6, 6.07) is 8.81. The first-order chi connectivity index (χ1) is 16.1. The van der Waals surface area contributed by atoms with Crippen LogP contribution in [0.4, 0.5) is 5.69 Å². The zero-order chi connectivity index (χ0) is 23.5. The third-order valence-electron chi connectivity index (χ3n) is 4.71. The monoisotopic (exact) mass is 501 g/mol. The van der Waals surface area contributed by atoms with Gasteiger partial charge in [-0.15, -0.1) is 18.3 Å². The van der Waals surface area contributed by atoms with Crippen molar-refractivity contribution in [1.82, 2.24) is 9.78 Å². The SMILES string of the molecule is CCOC(=O)c1cc([C]2[CH][CH][CH][CH]2)nn1C[C@H]([O-])C[N-]c1ccc(OC)cc1.[CH]1[CH][CH][CH][CH]1.[Fe+2]. The molecule has 1 aromatic heterocycles. The Labute approximate surface area is 214 Å². The van der Waals surface area contributed by atoms with Crippen molar-refractivity contribution in [1.29, 1.82) is 0 Å². The van der Waals surface area contributed by atoms with Gasteiger partial charge in [0.25, 0.3) is 0 Å². The van der Waals surface area contributed by atoms with Gasteiger partial charge in [0.1, 0.15) is 11.4 Å². The number of aromatic nitrogens is 2. The molecule has 0 spiro atoms. The normalized spacial score (nSPS) is 16.2. The third kappa shape index (κ3) is 8.64. The van der Waals surface area contributed by atoms with Crippen LogP contribution in [0.15, 0.2) is 30.3 Å². The minimum Gasteiger partial charge on any atom is -0.852 e. The molecule has 1 heterocycles. The molecule has 0 amide bonds. The Kier molecular flexibility index (Phi) is 12.5. The summed E-state index contributed by atoms with van der Waals surface area (Å²) in [6.45, 7) is 2.08. The molecule has 2 fully saturated rings. The van der Waals surface area contributed by atoms with E-state index in [4.69, 9.17) is 9.47 Å². The predicted molar refractivity (Wildman–Crippen MR) is 124 cm³/mol. The van der Waals surface area contributed by atoms with Crippen molar-refractivity contribution >= 4 is 11.7 Å². The topological polar surface area (TPSA) is 90.5 Å². The molecule has 0 bridgehead atoms. The van der Waals surface area contributed by atoms with E-state index >= 15 is 0 Å². The van der Waals surface area contributed by atoms with E-state index in [9.17, 15) is 9.90 Å². The van der Waals surface area contributed by atoms with E-state index in [0.29, 0.717) is 11.4 Å². The van der Waals surface area contributed by atoms with Crippen molar-refractivity contribution in [3.63, 3.8) is 0 Å². The van der Waals surface area contributed by atoms with Crippen molar-refractivity contribution in [2.45, 2.75) is 19.6 Å². The summed E-state index contributed by atoms with van der Waals surface area (Å²) in [5.74, 6) is 1.12. The molecule has 0 unspecified atom stereocenters. The van der Waals surface area contributed by atoms with Crippen LogP contribution in [0.25, 0.3) is 5.32 Å². The van der Waals surface area contributed by atoms with Crippen molar-refractivity contribution < 1.29 is 36.4 Å². The largest absolute Gasteiger partial charge is 2.00 e. The molecule has 178 valence electrons. The molecule has 4 rings (SSSR count). The van der Waals surface area contributed by atoms with Gasteiger partial charge in [-0.05, 0) is 82.9 Å². The Hall–Kier alpha value is -2.02. The number of benzene rings is 1. The van der Waals surface area contributed by atoms with Gasteiger partial charge >= 0.3 is 23.0 Å². The minimum absolute atomic E-state index is 0. The first-order valence-electron chi connectivity index (χ1n) is 10.7. The van der Waals surface area contributed by atoms with Gasteiger partial charge in [-0.1, -0.05) is 12.1 Å². The van der Waals surface area contributed by atoms with E-state index in [-0.39, 0.29) is 42.5 Å². The van der Waals surface area contributed by atoms with E-state index in [1.807, 2.05) is 57.8 Å². The molecule has 0 saturated heterocycles. The number of carbonyl (C=O) groups excluding carboxylic acids is 1. The first kappa shape index (κ1) is 28.2. The standard InChI is InChI=1S/C21H22N3O4.C5H5.Fe/c1-3-28-21(26)20-12-19(15-6-4-5-7-15)23-24(20)14-17(25)13-22-16-8-10-18(27-2)11-9-16;1-2-4-5-3-1;/h4-12,17H,3,13-14H2,1-2H3;1-5H;/q-2;;+2/t17-;;/m1../s1. The van der Waals surface area contributed by atoms with Gasteiger partial charge in [0.05, 0.1) is 19.4 Å². The molecule has 0 aliphatic heterocycles. The van der Waals surface area contributed by atoms with Crippen LogP contribution in [0.5, 0.6) is 5.75 Å². The number of hydrogen-bond donors (Lipinski definition) is 0. The van der Waals surface area contributed by atoms with E-state index in [1.54, 1.807) is 44.4 Å². The number of carbonyl (C=O) groups is 1. The fourth-order valence-corrected chi connectivity index (χ4v) is 3.08. The Morgan fingerprint density at radius 3 is 2.24 bits per heavy atom. The van der Waals surface area contributed by atoms with Crippen molar-refractivity contribution in [2.75, 3.05) is 20.3 Å². The first-order valence-corrected chi connectivity index (χ1v) is 10.7. The molecule has 10 radical (unpaired) electrons. The maximum atomic E-state index is 12.5. The molecule has 2 aliphatic rings. The Morgan fingerprint density at radius 2 is 1.68 bits per heavy atom. The molecular weight excluding hydrogens is 474 g/mol. The van der Waals surface area contributed by atoms with Crippen LogP contribution in [0.1, 0.15) is 23.1 Å². The summed E-state index contributed by atoms with van der Waals surface area (Å²) in [5.41, 5.74) is 1.60. The third-order valence-corrected chi connectivity index (χ3v) is 4.71. The second-order valence-electron chi connectivity index (χ2n) is 7.11. The molecule has 1 atom stereocenters. The van der Waals surface area contributed by atoms with Crippen LogP contribution in [-0.2, 0) is 28.4 Å². The number of methoxy groups -OCH3 is 1. The summed E-state index contributed by atoms with van der Waals surface area (Å²) < 4.78 is 11.6. The predicted octanol–water partition coefficient (Wildman–Crippen LogP) is 3.28. The Bertz CT molecular complexity index is 839. The van der Waals surface area contributed by atoms with Crippen LogP contribution in [0.2, 0.25) is 0 Å². The number of ether oxygens (including phenoxy) is 2. The maximum absolute atomic E-state index is 12.5. The zero-order valence-electron chi connectivity index (χ0n) is 19.1. The van der Waals surface area contributed by atoms with E-state index < -0.39 is 12.1 Å². The van der Waals surface area contributed by atoms with Gasteiger partial charge in [0.2, 0.25) is 0 Å². The molecule has 1 aromatic carbocycles. The van der Waals surface area contributed by atoms with Gasteiger partial charge < -0.3 is 19.9 Å². The maximum Gasteiger partial charge on any atom is 2.00 e. The fraction of sp³-hybridized carbons (Fsp3) is 0.231. The molecule has 2 aliphatic carbocycles. The van der Waals surface area contributed by atoms with Crippen LogP contribution in [0.3, 0.4) is 0 Å². The van der Waals surface area contributed by atoms with Crippen LogP contribution >= 0.6 is 0 Å². The number of hydrogen-bond acceptors (Lipinski definition) is 5. The van der Waals surface area contributed by atoms with Crippen molar-refractivity contribution in [2.24, 2.45) is 0 Å². The van der Waals surface area contributed by atoms with Gasteiger partial charge in [-0.25, -0.2) is 4.79 Å². The summed E-state index contributed by atoms with van der Waals surface area (Å²) in [4.78, 5) is 12.2. The summed E-state index contributed by atoms with van der Waals surface area (Å²) in [5, 5.41) is 21.2. The second-order valence-corrected chi connectivity index (χ2v) is 7.11. The molecular formula is C26H27FeN3O4. The quantitative estimate of drug-likeness (QED) is 0.389. The molecule has 7 nitrogen and oxygen atoms in total. The zero-order valence-corrected chi connectivity index (χ0v) is 20.2. The smallest absolute Gasteiger partial charge is 0.852 e. The number of esters is 1. The van der Waals surface area contributed by atoms with E-state index in [2.05, 4.69) is 10.4 Å². The van der Waals surface area contributed by atoms with Gasteiger partial charge in [-0.3, -0.25) is 4.68 Å². The average Bonchev–Trinajstić information content (AvgIpc) is 3.61. The van der Waals surface area contributed by atoms with E-state index in [1.165, 1.54) is 4.68 Å². The minimum atomic E-state index is -1.05. The van der Waals surface area contributed by atoms with E-state index in [0.717, 1.165) is 11.7 Å². The second kappa shape index (κ2) is 15.1. The van der Waals surface area contributed by atoms with Crippen molar-refractivity contribution in [3.05, 3.63) is 111 Å². The number of rotatable bonds is 9. The molecule has 0 N–H and O–H groups in total.